The molecule has 0 bridgehead atoms. The van der Waals surface area contributed by atoms with Crippen LogP contribution in [0.2, 0.25) is 0 Å². The molecule has 1 aromatic carbocycles. The van der Waals surface area contributed by atoms with Crippen molar-refractivity contribution in [1.82, 2.24) is 4.98 Å². The van der Waals surface area contributed by atoms with Gasteiger partial charge in [-0.15, -0.1) is 0 Å². The Labute approximate surface area is 135 Å². The Morgan fingerprint density at radius 3 is 2.46 bits per heavy atom. The third kappa shape index (κ3) is 3.43. The van der Waals surface area contributed by atoms with Gasteiger partial charge in [0.05, 0.1) is 17.0 Å². The number of nitro groups is 2. The van der Waals surface area contributed by atoms with Gasteiger partial charge in [-0.1, -0.05) is 0 Å². The smallest absolute Gasteiger partial charge is 0.310 e. The van der Waals surface area contributed by atoms with E-state index in [-0.39, 0.29) is 28.5 Å². The number of nitro benzene ring substituents is 1. The van der Waals surface area contributed by atoms with Gasteiger partial charge in [0.2, 0.25) is 0 Å². The second kappa shape index (κ2) is 6.69. The lowest BCUT2D eigenvalue weighted by Crippen LogP contribution is -2.14. The van der Waals surface area contributed by atoms with E-state index in [1.165, 1.54) is 25.3 Å². The van der Waals surface area contributed by atoms with E-state index < -0.39 is 15.8 Å². The maximum Gasteiger partial charge on any atom is 0.310 e. The van der Waals surface area contributed by atoms with Crippen LogP contribution in [0.1, 0.15) is 15.9 Å². The molecule has 124 valence electrons. The molecule has 0 saturated carbocycles. The zero-order valence-electron chi connectivity index (χ0n) is 12.7. The van der Waals surface area contributed by atoms with E-state index in [0.717, 1.165) is 12.3 Å². The van der Waals surface area contributed by atoms with Gasteiger partial charge in [-0.2, -0.15) is 0 Å². The predicted octanol–water partition coefficient (Wildman–Crippen LogP) is 2.47. The summed E-state index contributed by atoms with van der Waals surface area (Å²) in [6.45, 7) is 1.56. The molecular weight excluding hydrogens is 320 g/mol. The Kier molecular flexibility index (Phi) is 4.68. The first-order valence-corrected chi connectivity index (χ1v) is 6.58. The van der Waals surface area contributed by atoms with Crippen LogP contribution in [0.3, 0.4) is 0 Å². The molecule has 0 saturated heterocycles. The largest absolute Gasteiger partial charge is 0.490 e. The van der Waals surface area contributed by atoms with Crippen molar-refractivity contribution >= 4 is 23.1 Å². The molecular formula is C14H12N4O6. The summed E-state index contributed by atoms with van der Waals surface area (Å²) in [6, 6.07) is 4.94. The number of rotatable bonds is 5. The lowest BCUT2D eigenvalue weighted by atomic mass is 10.1. The number of carbonyl (C=O) groups is 1. The van der Waals surface area contributed by atoms with Crippen molar-refractivity contribution in [1.29, 1.82) is 0 Å². The number of anilines is 1. The van der Waals surface area contributed by atoms with Crippen molar-refractivity contribution in [3.05, 3.63) is 61.8 Å². The van der Waals surface area contributed by atoms with Gasteiger partial charge < -0.3 is 10.1 Å². The summed E-state index contributed by atoms with van der Waals surface area (Å²) in [6.07, 6.45) is 1.03. The first-order valence-electron chi connectivity index (χ1n) is 6.58. The summed E-state index contributed by atoms with van der Waals surface area (Å²) >= 11 is 0. The summed E-state index contributed by atoms with van der Waals surface area (Å²) in [5.74, 6) is -0.475. The van der Waals surface area contributed by atoms with Crippen molar-refractivity contribution in [3.63, 3.8) is 0 Å². The minimum atomic E-state index is -0.622. The molecule has 1 N–H and O–H groups in total. The number of carbonyl (C=O) groups excluding carboxylic acids is 1. The maximum atomic E-state index is 12.2. The molecule has 24 heavy (non-hydrogen) atoms. The zero-order valence-corrected chi connectivity index (χ0v) is 12.7. The zero-order chi connectivity index (χ0) is 17.9. The van der Waals surface area contributed by atoms with E-state index in [1.807, 2.05) is 0 Å². The maximum absolute atomic E-state index is 12.2. The molecule has 0 radical (unpaired) electrons. The fraction of sp³-hybridized carbons (Fsp3) is 0.143. The van der Waals surface area contributed by atoms with Crippen LogP contribution < -0.4 is 10.1 Å². The third-order valence-electron chi connectivity index (χ3n) is 3.15. The molecule has 1 aromatic heterocycles. The number of benzene rings is 1. The van der Waals surface area contributed by atoms with E-state index in [0.29, 0.717) is 5.56 Å². The van der Waals surface area contributed by atoms with Gasteiger partial charge in [-0.25, -0.2) is 4.98 Å². The predicted molar refractivity (Wildman–Crippen MR) is 83.2 cm³/mol. The highest BCUT2D eigenvalue weighted by molar-refractivity contribution is 6.04. The number of pyridine rings is 1. The second-order valence-corrected chi connectivity index (χ2v) is 4.71. The van der Waals surface area contributed by atoms with Gasteiger partial charge >= 0.3 is 5.69 Å². The number of nitrogens with zero attached hydrogens (tertiary/aromatic N) is 3. The molecule has 0 unspecified atom stereocenters. The average molecular weight is 332 g/mol. The van der Waals surface area contributed by atoms with Gasteiger partial charge in [-0.3, -0.25) is 25.0 Å². The van der Waals surface area contributed by atoms with Crippen LogP contribution in [0.5, 0.6) is 5.75 Å². The van der Waals surface area contributed by atoms with Crippen molar-refractivity contribution in [2.45, 2.75) is 6.92 Å². The van der Waals surface area contributed by atoms with Gasteiger partial charge in [-0.05, 0) is 18.6 Å². The van der Waals surface area contributed by atoms with Crippen molar-refractivity contribution < 1.29 is 19.4 Å². The van der Waals surface area contributed by atoms with Gasteiger partial charge in [0.1, 0.15) is 12.0 Å². The van der Waals surface area contributed by atoms with Crippen LogP contribution in [-0.2, 0) is 0 Å². The third-order valence-corrected chi connectivity index (χ3v) is 3.15. The Morgan fingerprint density at radius 2 is 1.92 bits per heavy atom. The Balaban J connectivity index is 2.27. The number of nitrogens with one attached hydrogen (secondary N) is 1. The van der Waals surface area contributed by atoms with Crippen molar-refractivity contribution in [2.75, 3.05) is 12.4 Å². The second-order valence-electron chi connectivity index (χ2n) is 4.71. The van der Waals surface area contributed by atoms with Crippen molar-refractivity contribution in [2.24, 2.45) is 0 Å². The number of ether oxygens (including phenoxy) is 1. The number of aromatic nitrogens is 1. The molecule has 0 fully saturated rings. The van der Waals surface area contributed by atoms with Crippen LogP contribution in [0.4, 0.5) is 17.2 Å². The quantitative estimate of drug-likeness (QED) is 0.655. The standard InChI is InChI=1S/C14H12N4O6/c1-8-5-10(17(20)21)7-15-13(8)16-14(19)9-3-4-11(18(22)23)12(6-9)24-2/h3-7H,1-2H3,(H,15,16,19). The van der Waals surface area contributed by atoms with Crippen LogP contribution in [0.25, 0.3) is 0 Å². The van der Waals surface area contributed by atoms with E-state index in [9.17, 15) is 25.0 Å². The van der Waals surface area contributed by atoms with Crippen molar-refractivity contribution in [3.8, 4) is 5.75 Å². The minimum Gasteiger partial charge on any atom is -0.490 e. The number of amides is 1. The van der Waals surface area contributed by atoms with Crippen LogP contribution in [0.15, 0.2) is 30.5 Å². The molecule has 0 spiro atoms. The first kappa shape index (κ1) is 16.8. The summed E-state index contributed by atoms with van der Waals surface area (Å²) in [5.41, 5.74) is 0.0737. The fourth-order valence-electron chi connectivity index (χ4n) is 1.94. The van der Waals surface area contributed by atoms with E-state index in [4.69, 9.17) is 4.74 Å². The van der Waals surface area contributed by atoms with Crippen LogP contribution in [-0.4, -0.2) is 27.8 Å². The number of hydrogen-bond donors (Lipinski definition) is 1. The van der Waals surface area contributed by atoms with E-state index >= 15 is 0 Å². The van der Waals surface area contributed by atoms with Gasteiger partial charge in [0.25, 0.3) is 11.6 Å². The van der Waals surface area contributed by atoms with Crippen LogP contribution >= 0.6 is 0 Å². The lowest BCUT2D eigenvalue weighted by Gasteiger charge is -2.08. The fourth-order valence-corrected chi connectivity index (χ4v) is 1.94. The first-order chi connectivity index (χ1) is 11.3. The summed E-state index contributed by atoms with van der Waals surface area (Å²) in [5, 5.41) is 24.0. The summed E-state index contributed by atoms with van der Waals surface area (Å²) in [4.78, 5) is 36.4. The Morgan fingerprint density at radius 1 is 1.21 bits per heavy atom. The Hall–Kier alpha value is -3.56. The summed E-state index contributed by atoms with van der Waals surface area (Å²) < 4.78 is 4.90. The topological polar surface area (TPSA) is 138 Å². The Bertz CT molecular complexity index is 836. The van der Waals surface area contributed by atoms with E-state index in [2.05, 4.69) is 10.3 Å². The highest BCUT2D eigenvalue weighted by atomic mass is 16.6. The molecule has 2 aromatic rings. The minimum absolute atomic E-state index is 0.0546. The molecule has 10 heteroatoms. The monoisotopic (exact) mass is 332 g/mol. The molecule has 0 atom stereocenters. The molecule has 10 nitrogen and oxygen atoms in total. The molecule has 0 aliphatic carbocycles. The number of hydrogen-bond acceptors (Lipinski definition) is 7. The van der Waals surface area contributed by atoms with Gasteiger partial charge in [0, 0.05) is 23.8 Å². The molecule has 2 rings (SSSR count). The lowest BCUT2D eigenvalue weighted by molar-refractivity contribution is -0.385. The number of aryl methyl sites for hydroxylation is 1. The average Bonchev–Trinajstić information content (AvgIpc) is 2.55. The van der Waals surface area contributed by atoms with E-state index in [1.54, 1.807) is 6.92 Å². The molecule has 0 aliphatic heterocycles. The SMILES string of the molecule is COc1cc(C(=O)Nc2ncc([N+](=O)[O-])cc2C)ccc1[N+](=O)[O-]. The highest BCUT2D eigenvalue weighted by Crippen LogP contribution is 2.28. The van der Waals surface area contributed by atoms with Gasteiger partial charge in [0.15, 0.2) is 5.75 Å². The van der Waals surface area contributed by atoms with Crippen LogP contribution in [0, 0.1) is 27.2 Å². The highest BCUT2D eigenvalue weighted by Gasteiger charge is 2.18. The number of methoxy groups -OCH3 is 1. The molecule has 1 amide bonds. The molecule has 0 aliphatic rings. The molecule has 1 heterocycles. The normalized spacial score (nSPS) is 10.1. The summed E-state index contributed by atoms with van der Waals surface area (Å²) in [7, 11) is 1.26.